The van der Waals surface area contributed by atoms with Crippen LogP contribution in [-0.4, -0.2) is 29.4 Å². The number of carbonyl (C=O) groups excluding carboxylic acids is 2. The Morgan fingerprint density at radius 2 is 1.89 bits per heavy atom. The molecule has 4 N–H and O–H groups in total. The average molecular weight is 258 g/mol. The molecule has 0 aromatic carbocycles. The van der Waals surface area contributed by atoms with E-state index in [1.807, 2.05) is 0 Å². The molecule has 104 valence electrons. The van der Waals surface area contributed by atoms with E-state index in [2.05, 4.69) is 5.32 Å². The van der Waals surface area contributed by atoms with Gasteiger partial charge in [-0.1, -0.05) is 13.8 Å². The Labute approximate surface area is 107 Å². The van der Waals surface area contributed by atoms with Crippen molar-refractivity contribution in [3.63, 3.8) is 0 Å². The molecule has 0 aromatic heterocycles. The molecule has 1 unspecified atom stereocenters. The predicted octanol–water partition coefficient (Wildman–Crippen LogP) is 0.505. The molecule has 0 bridgehead atoms. The van der Waals surface area contributed by atoms with Gasteiger partial charge in [0.25, 0.3) is 0 Å². The average Bonchev–Trinajstić information content (AvgIpc) is 2.23. The lowest BCUT2D eigenvalue weighted by atomic mass is 9.76. The molecule has 6 nitrogen and oxygen atoms in total. The zero-order valence-electron chi connectivity index (χ0n) is 11.2. The summed E-state index contributed by atoms with van der Waals surface area (Å²) >= 11 is 0. The van der Waals surface area contributed by atoms with Crippen molar-refractivity contribution in [3.05, 3.63) is 0 Å². The molecule has 0 aliphatic carbocycles. The van der Waals surface area contributed by atoms with Crippen LogP contribution in [0, 0.1) is 11.3 Å². The monoisotopic (exact) mass is 258 g/mol. The second-order valence-corrected chi connectivity index (χ2v) is 4.97. The van der Waals surface area contributed by atoms with Crippen molar-refractivity contribution in [1.29, 1.82) is 0 Å². The maximum absolute atomic E-state index is 11.6. The van der Waals surface area contributed by atoms with Crippen molar-refractivity contribution in [2.24, 2.45) is 17.1 Å². The van der Waals surface area contributed by atoms with Gasteiger partial charge in [0.15, 0.2) is 0 Å². The largest absolute Gasteiger partial charge is 0.481 e. The van der Waals surface area contributed by atoms with Gasteiger partial charge >= 0.3 is 5.97 Å². The molecule has 0 saturated carbocycles. The van der Waals surface area contributed by atoms with Crippen LogP contribution < -0.4 is 11.1 Å². The van der Waals surface area contributed by atoms with Crippen molar-refractivity contribution < 1.29 is 19.5 Å². The van der Waals surface area contributed by atoms with E-state index in [0.717, 1.165) is 0 Å². The Hall–Kier alpha value is -1.59. The Bertz CT molecular complexity index is 328. The zero-order valence-corrected chi connectivity index (χ0v) is 11.2. The lowest BCUT2D eigenvalue weighted by molar-refractivity contribution is -0.153. The fraction of sp³-hybridized carbons (Fsp3) is 0.750. The maximum Gasteiger partial charge on any atom is 0.310 e. The number of primary amides is 1. The van der Waals surface area contributed by atoms with E-state index in [1.54, 1.807) is 20.8 Å². The van der Waals surface area contributed by atoms with E-state index >= 15 is 0 Å². The zero-order chi connectivity index (χ0) is 14.3. The highest BCUT2D eigenvalue weighted by Crippen LogP contribution is 2.31. The molecular weight excluding hydrogens is 236 g/mol. The molecule has 0 spiro atoms. The Morgan fingerprint density at radius 3 is 2.28 bits per heavy atom. The molecule has 0 fully saturated rings. The third-order valence-corrected chi connectivity index (χ3v) is 3.21. The number of nitrogens with one attached hydrogen (secondary N) is 1. The summed E-state index contributed by atoms with van der Waals surface area (Å²) in [4.78, 5) is 33.3. The van der Waals surface area contributed by atoms with E-state index in [1.165, 1.54) is 0 Å². The smallest absolute Gasteiger partial charge is 0.310 e. The number of rotatable bonds is 8. The third-order valence-electron chi connectivity index (χ3n) is 3.21. The molecule has 2 amide bonds. The van der Waals surface area contributed by atoms with E-state index < -0.39 is 17.3 Å². The summed E-state index contributed by atoms with van der Waals surface area (Å²) in [7, 11) is 0. The summed E-state index contributed by atoms with van der Waals surface area (Å²) in [6.07, 6.45) is 0.601. The minimum absolute atomic E-state index is 0.0728. The van der Waals surface area contributed by atoms with E-state index in [-0.39, 0.29) is 24.7 Å². The van der Waals surface area contributed by atoms with Crippen LogP contribution in [0.1, 0.15) is 40.0 Å². The second-order valence-electron chi connectivity index (χ2n) is 4.97. The van der Waals surface area contributed by atoms with Crippen LogP contribution in [0.4, 0.5) is 0 Å². The number of hydrogen-bond acceptors (Lipinski definition) is 3. The van der Waals surface area contributed by atoms with Gasteiger partial charge in [0.2, 0.25) is 11.8 Å². The molecule has 18 heavy (non-hydrogen) atoms. The van der Waals surface area contributed by atoms with Gasteiger partial charge in [0.05, 0.1) is 5.41 Å². The number of carboxylic acid groups (broad SMARTS) is 1. The topological polar surface area (TPSA) is 109 Å². The summed E-state index contributed by atoms with van der Waals surface area (Å²) in [6, 6.07) is 0. The Balaban J connectivity index is 4.20. The maximum atomic E-state index is 11.6. The Morgan fingerprint density at radius 1 is 1.33 bits per heavy atom. The molecule has 0 heterocycles. The summed E-state index contributed by atoms with van der Waals surface area (Å²) in [5.41, 5.74) is 3.89. The molecule has 0 aliphatic heterocycles. The van der Waals surface area contributed by atoms with Crippen LogP contribution in [0.15, 0.2) is 0 Å². The molecule has 0 rings (SSSR count). The van der Waals surface area contributed by atoms with Crippen molar-refractivity contribution >= 4 is 17.8 Å². The summed E-state index contributed by atoms with van der Waals surface area (Å²) in [6.45, 7) is 5.43. The molecule has 0 aliphatic rings. The number of aliphatic carboxylic acids is 1. The highest BCUT2D eigenvalue weighted by Gasteiger charge is 2.38. The normalized spacial score (nSPS) is 14.0. The number of carboxylic acids is 1. The standard InChI is InChI=1S/C12H22N2O4/c1-8(2)12(3,11(17)18)7-10(16)14-6-4-5-9(13)15/h8H,4-7H2,1-3H3,(H2,13,15)(H,14,16)(H,17,18). The van der Waals surface area contributed by atoms with Gasteiger partial charge in [0.1, 0.15) is 0 Å². The summed E-state index contributed by atoms with van der Waals surface area (Å²) < 4.78 is 0. The minimum atomic E-state index is -1.08. The molecule has 6 heteroatoms. The van der Waals surface area contributed by atoms with Crippen LogP contribution in [0.2, 0.25) is 0 Å². The fourth-order valence-electron chi connectivity index (χ4n) is 1.41. The van der Waals surface area contributed by atoms with Crippen LogP contribution in [0.3, 0.4) is 0 Å². The third kappa shape index (κ3) is 5.16. The van der Waals surface area contributed by atoms with Gasteiger partial charge in [-0.15, -0.1) is 0 Å². The van der Waals surface area contributed by atoms with E-state index in [9.17, 15) is 14.4 Å². The molecule has 0 saturated heterocycles. The summed E-state index contributed by atoms with van der Waals surface area (Å²) in [5.74, 6) is -1.86. The van der Waals surface area contributed by atoms with Crippen LogP contribution in [0.5, 0.6) is 0 Å². The fourth-order valence-corrected chi connectivity index (χ4v) is 1.41. The second kappa shape index (κ2) is 6.98. The van der Waals surface area contributed by atoms with Crippen molar-refractivity contribution in [3.8, 4) is 0 Å². The highest BCUT2D eigenvalue weighted by molar-refractivity contribution is 5.84. The lowest BCUT2D eigenvalue weighted by Crippen LogP contribution is -2.39. The van der Waals surface area contributed by atoms with Crippen molar-refractivity contribution in [1.82, 2.24) is 5.32 Å². The SMILES string of the molecule is CC(C)C(C)(CC(=O)NCCCC(N)=O)C(=O)O. The molecule has 0 radical (unpaired) electrons. The number of nitrogens with two attached hydrogens (primary N) is 1. The van der Waals surface area contributed by atoms with Crippen LogP contribution >= 0.6 is 0 Å². The van der Waals surface area contributed by atoms with Crippen molar-refractivity contribution in [2.75, 3.05) is 6.54 Å². The first-order valence-electron chi connectivity index (χ1n) is 5.98. The van der Waals surface area contributed by atoms with Gasteiger partial charge in [-0.3, -0.25) is 14.4 Å². The summed E-state index contributed by atoms with van der Waals surface area (Å²) in [5, 5.41) is 11.7. The van der Waals surface area contributed by atoms with Gasteiger partial charge in [-0.2, -0.15) is 0 Å². The van der Waals surface area contributed by atoms with Gasteiger partial charge in [-0.05, 0) is 19.3 Å². The van der Waals surface area contributed by atoms with Gasteiger partial charge < -0.3 is 16.2 Å². The molecule has 1 atom stereocenters. The van der Waals surface area contributed by atoms with Crippen LogP contribution in [-0.2, 0) is 14.4 Å². The number of amides is 2. The molecule has 0 aromatic rings. The van der Waals surface area contributed by atoms with Crippen LogP contribution in [0.25, 0.3) is 0 Å². The number of carbonyl (C=O) groups is 3. The number of hydrogen-bond donors (Lipinski definition) is 3. The highest BCUT2D eigenvalue weighted by atomic mass is 16.4. The van der Waals surface area contributed by atoms with Gasteiger partial charge in [-0.25, -0.2) is 0 Å². The van der Waals surface area contributed by atoms with Crippen molar-refractivity contribution in [2.45, 2.75) is 40.0 Å². The first-order valence-corrected chi connectivity index (χ1v) is 5.98. The minimum Gasteiger partial charge on any atom is -0.481 e. The quantitative estimate of drug-likeness (QED) is 0.551. The van der Waals surface area contributed by atoms with E-state index in [0.29, 0.717) is 13.0 Å². The first-order chi connectivity index (χ1) is 8.20. The predicted molar refractivity (Wildman–Crippen MR) is 66.6 cm³/mol. The van der Waals surface area contributed by atoms with Gasteiger partial charge in [0, 0.05) is 19.4 Å². The lowest BCUT2D eigenvalue weighted by Gasteiger charge is -2.28. The first kappa shape index (κ1) is 16.4. The Kier molecular flexibility index (Phi) is 6.36. The molecular formula is C12H22N2O4. The van der Waals surface area contributed by atoms with E-state index in [4.69, 9.17) is 10.8 Å².